The monoisotopic (exact) mass is 319 g/mol. The van der Waals surface area contributed by atoms with Gasteiger partial charge in [-0.05, 0) is 51.6 Å². The zero-order chi connectivity index (χ0) is 17.5. The number of carbonyl (C=O) groups is 2. The molecule has 0 aliphatic carbocycles. The van der Waals surface area contributed by atoms with Gasteiger partial charge in [0.05, 0.1) is 6.54 Å². The van der Waals surface area contributed by atoms with Gasteiger partial charge in [0.15, 0.2) is 0 Å². The Hall–Kier alpha value is -1.88. The number of nitrogens with one attached hydrogen (secondary N) is 2. The van der Waals surface area contributed by atoms with Crippen LogP contribution < -0.4 is 10.6 Å². The molecule has 0 aromatic heterocycles. The molecule has 0 unspecified atom stereocenters. The van der Waals surface area contributed by atoms with E-state index in [1.165, 1.54) is 5.56 Å². The first-order valence-corrected chi connectivity index (χ1v) is 8.15. The van der Waals surface area contributed by atoms with Crippen molar-refractivity contribution in [3.8, 4) is 0 Å². The van der Waals surface area contributed by atoms with Crippen LogP contribution in [-0.4, -0.2) is 41.9 Å². The van der Waals surface area contributed by atoms with Gasteiger partial charge in [-0.3, -0.25) is 14.5 Å². The van der Waals surface area contributed by atoms with E-state index in [-0.39, 0.29) is 23.9 Å². The van der Waals surface area contributed by atoms with Crippen molar-refractivity contribution in [1.29, 1.82) is 0 Å². The standard InChI is InChI=1S/C18H29N3O2/c1-6-21(7-2)13-14-8-10-15(11-9-14)17(23)19-12-16(22)20-18(3,4)5/h8-11H,6-7,12-13H2,1-5H3,(H,19,23)(H,20,22). The molecule has 0 heterocycles. The minimum absolute atomic E-state index is 0.0166. The van der Waals surface area contributed by atoms with E-state index in [0.717, 1.165) is 19.6 Å². The van der Waals surface area contributed by atoms with Crippen LogP contribution in [0.25, 0.3) is 0 Å². The summed E-state index contributed by atoms with van der Waals surface area (Å²) in [6.07, 6.45) is 0. The van der Waals surface area contributed by atoms with Crippen molar-refractivity contribution in [2.75, 3.05) is 19.6 Å². The molecule has 128 valence electrons. The van der Waals surface area contributed by atoms with E-state index in [1.807, 2.05) is 32.9 Å². The molecule has 0 aliphatic rings. The van der Waals surface area contributed by atoms with Gasteiger partial charge in [-0.2, -0.15) is 0 Å². The quantitative estimate of drug-likeness (QED) is 0.810. The number of amides is 2. The van der Waals surface area contributed by atoms with Crippen molar-refractivity contribution in [2.24, 2.45) is 0 Å². The van der Waals surface area contributed by atoms with Gasteiger partial charge in [-0.1, -0.05) is 26.0 Å². The predicted molar refractivity (Wildman–Crippen MR) is 93.3 cm³/mol. The van der Waals surface area contributed by atoms with Crippen molar-refractivity contribution < 1.29 is 9.59 Å². The van der Waals surface area contributed by atoms with Crippen LogP contribution in [0.2, 0.25) is 0 Å². The number of hydrogen-bond acceptors (Lipinski definition) is 3. The van der Waals surface area contributed by atoms with E-state index in [9.17, 15) is 9.59 Å². The van der Waals surface area contributed by atoms with Crippen molar-refractivity contribution in [2.45, 2.75) is 46.7 Å². The molecule has 0 aliphatic heterocycles. The number of rotatable bonds is 7. The highest BCUT2D eigenvalue weighted by molar-refractivity contribution is 5.96. The Labute approximate surface area is 139 Å². The molecule has 1 aromatic carbocycles. The van der Waals surface area contributed by atoms with Crippen LogP contribution in [0.5, 0.6) is 0 Å². The molecule has 2 amide bonds. The van der Waals surface area contributed by atoms with Crippen molar-refractivity contribution in [3.05, 3.63) is 35.4 Å². The molecule has 2 N–H and O–H groups in total. The molecule has 5 nitrogen and oxygen atoms in total. The van der Waals surface area contributed by atoms with Gasteiger partial charge in [-0.15, -0.1) is 0 Å². The third-order valence-electron chi connectivity index (χ3n) is 3.44. The molecule has 5 heteroatoms. The third-order valence-corrected chi connectivity index (χ3v) is 3.44. The molecule has 0 saturated carbocycles. The average Bonchev–Trinajstić information content (AvgIpc) is 2.49. The SMILES string of the molecule is CCN(CC)Cc1ccc(C(=O)NCC(=O)NC(C)(C)C)cc1. The summed E-state index contributed by atoms with van der Waals surface area (Å²) in [5.74, 6) is -0.424. The summed E-state index contributed by atoms with van der Waals surface area (Å²) >= 11 is 0. The fraction of sp³-hybridized carbons (Fsp3) is 0.556. The second-order valence-electron chi connectivity index (χ2n) is 6.64. The minimum Gasteiger partial charge on any atom is -0.350 e. The predicted octanol–water partition coefficient (Wildman–Crippen LogP) is 2.17. The molecular formula is C18H29N3O2. The molecule has 0 atom stereocenters. The van der Waals surface area contributed by atoms with Gasteiger partial charge in [-0.25, -0.2) is 0 Å². The number of nitrogens with zero attached hydrogens (tertiary/aromatic N) is 1. The van der Waals surface area contributed by atoms with Gasteiger partial charge in [0.2, 0.25) is 5.91 Å². The third kappa shape index (κ3) is 7.28. The maximum Gasteiger partial charge on any atom is 0.251 e. The van der Waals surface area contributed by atoms with Crippen LogP contribution in [0.4, 0.5) is 0 Å². The van der Waals surface area contributed by atoms with Crippen molar-refractivity contribution in [3.63, 3.8) is 0 Å². The summed E-state index contributed by atoms with van der Waals surface area (Å²) in [5.41, 5.74) is 1.45. The highest BCUT2D eigenvalue weighted by Crippen LogP contribution is 2.07. The van der Waals surface area contributed by atoms with Crippen LogP contribution in [-0.2, 0) is 11.3 Å². The summed E-state index contributed by atoms with van der Waals surface area (Å²) in [7, 11) is 0. The summed E-state index contributed by atoms with van der Waals surface area (Å²) in [6.45, 7) is 12.8. The van der Waals surface area contributed by atoms with Crippen LogP contribution >= 0.6 is 0 Å². The Bertz CT molecular complexity index is 514. The van der Waals surface area contributed by atoms with Crippen molar-refractivity contribution >= 4 is 11.8 Å². The average molecular weight is 319 g/mol. The maximum atomic E-state index is 12.1. The molecule has 0 spiro atoms. The fourth-order valence-corrected chi connectivity index (χ4v) is 2.19. The molecule has 0 fully saturated rings. The summed E-state index contributed by atoms with van der Waals surface area (Å²) < 4.78 is 0. The van der Waals surface area contributed by atoms with Crippen LogP contribution in [0.3, 0.4) is 0 Å². The van der Waals surface area contributed by atoms with Gasteiger partial charge in [0.1, 0.15) is 0 Å². The number of carbonyl (C=O) groups excluding carboxylic acids is 2. The maximum absolute atomic E-state index is 12.1. The molecule has 23 heavy (non-hydrogen) atoms. The number of benzene rings is 1. The van der Waals surface area contributed by atoms with E-state index >= 15 is 0 Å². The molecular weight excluding hydrogens is 290 g/mol. The van der Waals surface area contributed by atoms with E-state index < -0.39 is 0 Å². The highest BCUT2D eigenvalue weighted by atomic mass is 16.2. The molecule has 0 radical (unpaired) electrons. The van der Waals surface area contributed by atoms with E-state index in [4.69, 9.17) is 0 Å². The van der Waals surface area contributed by atoms with E-state index in [1.54, 1.807) is 12.1 Å². The Morgan fingerprint density at radius 2 is 1.61 bits per heavy atom. The lowest BCUT2D eigenvalue weighted by Crippen LogP contribution is -2.45. The van der Waals surface area contributed by atoms with E-state index in [0.29, 0.717) is 5.56 Å². The van der Waals surface area contributed by atoms with Gasteiger partial charge < -0.3 is 10.6 Å². The zero-order valence-corrected chi connectivity index (χ0v) is 14.9. The van der Waals surface area contributed by atoms with Gasteiger partial charge in [0.25, 0.3) is 5.91 Å². The second-order valence-corrected chi connectivity index (χ2v) is 6.64. The Balaban J connectivity index is 2.53. The fourth-order valence-electron chi connectivity index (χ4n) is 2.19. The largest absolute Gasteiger partial charge is 0.350 e. The lowest BCUT2D eigenvalue weighted by molar-refractivity contribution is -0.121. The van der Waals surface area contributed by atoms with Crippen LogP contribution in [0, 0.1) is 0 Å². The van der Waals surface area contributed by atoms with Gasteiger partial charge >= 0.3 is 0 Å². The van der Waals surface area contributed by atoms with Crippen LogP contribution in [0.15, 0.2) is 24.3 Å². The zero-order valence-electron chi connectivity index (χ0n) is 14.9. The lowest BCUT2D eigenvalue weighted by atomic mass is 10.1. The Morgan fingerprint density at radius 1 is 1.04 bits per heavy atom. The molecule has 1 rings (SSSR count). The summed E-state index contributed by atoms with van der Waals surface area (Å²) in [4.78, 5) is 26.1. The highest BCUT2D eigenvalue weighted by Gasteiger charge is 2.14. The van der Waals surface area contributed by atoms with Crippen LogP contribution in [0.1, 0.15) is 50.5 Å². The first-order valence-electron chi connectivity index (χ1n) is 8.15. The van der Waals surface area contributed by atoms with E-state index in [2.05, 4.69) is 29.4 Å². The number of hydrogen-bond donors (Lipinski definition) is 2. The normalized spacial score (nSPS) is 11.4. The second kappa shape index (κ2) is 8.67. The smallest absolute Gasteiger partial charge is 0.251 e. The first kappa shape index (κ1) is 19.2. The molecule has 0 bridgehead atoms. The minimum atomic E-state index is -0.298. The topological polar surface area (TPSA) is 61.4 Å². The Morgan fingerprint density at radius 3 is 2.09 bits per heavy atom. The molecule has 0 saturated heterocycles. The first-order chi connectivity index (χ1) is 10.7. The summed E-state index contributed by atoms with van der Waals surface area (Å²) in [5, 5.41) is 5.45. The summed E-state index contributed by atoms with van der Waals surface area (Å²) in [6, 6.07) is 7.52. The molecule has 1 aromatic rings. The lowest BCUT2D eigenvalue weighted by Gasteiger charge is -2.20. The Kier molecular flexibility index (Phi) is 7.23. The van der Waals surface area contributed by atoms with Gasteiger partial charge in [0, 0.05) is 17.6 Å². The van der Waals surface area contributed by atoms with Crippen molar-refractivity contribution in [1.82, 2.24) is 15.5 Å².